The van der Waals surface area contributed by atoms with Crippen molar-refractivity contribution in [2.45, 2.75) is 86.1 Å². The van der Waals surface area contributed by atoms with Gasteiger partial charge in [0.2, 0.25) is 0 Å². The summed E-state index contributed by atoms with van der Waals surface area (Å²) in [6.07, 6.45) is 8.71. The maximum Gasteiger partial charge on any atom is 1.00 e. The van der Waals surface area contributed by atoms with Crippen molar-refractivity contribution in [2.75, 3.05) is 11.9 Å². The first kappa shape index (κ1) is 37.9. The Morgan fingerprint density at radius 1 is 1.15 bits per heavy atom. The van der Waals surface area contributed by atoms with Crippen LogP contribution < -0.4 is 62.0 Å². The second kappa shape index (κ2) is 19.2. The van der Waals surface area contributed by atoms with E-state index in [1.807, 2.05) is 32.0 Å². The molecule has 0 bridgehead atoms. The van der Waals surface area contributed by atoms with Crippen molar-refractivity contribution < 1.29 is 51.4 Å². The molecule has 2 N–H and O–H groups in total. The molecule has 1 aliphatic heterocycles. The molecule has 1 aliphatic carbocycles. The first-order valence-electron chi connectivity index (χ1n) is 15.2. The van der Waals surface area contributed by atoms with Gasteiger partial charge in [0.15, 0.2) is 0 Å². The molecule has 0 radical (unpaired) electrons. The van der Waals surface area contributed by atoms with Gasteiger partial charge in [-0.05, 0) is 73.6 Å². The maximum absolute atomic E-state index is 4.73. The van der Waals surface area contributed by atoms with Crippen LogP contribution in [0.25, 0.3) is 16.7 Å². The summed E-state index contributed by atoms with van der Waals surface area (Å²) >= 11 is 0. The van der Waals surface area contributed by atoms with Crippen LogP contribution in [0.15, 0.2) is 49.7 Å². The van der Waals surface area contributed by atoms with Gasteiger partial charge < -0.3 is 31.4 Å². The van der Waals surface area contributed by atoms with Gasteiger partial charge in [-0.2, -0.15) is 19.3 Å². The molecule has 1 fully saturated rings. The Labute approximate surface area is 295 Å². The van der Waals surface area contributed by atoms with E-state index >= 15 is 0 Å². The number of aryl methyl sites for hydroxylation is 1. The summed E-state index contributed by atoms with van der Waals surface area (Å²) in [7, 11) is 0. The fourth-order valence-corrected chi connectivity index (χ4v) is 4.97. The van der Waals surface area contributed by atoms with Crippen molar-refractivity contribution in [1.82, 2.24) is 10.3 Å². The molecule has 3 nitrogen and oxygen atoms in total. The maximum atomic E-state index is 4.73. The van der Waals surface area contributed by atoms with E-state index in [4.69, 9.17) is 4.98 Å². The number of fused-ring (bicyclic) bond motifs is 1. The molecule has 2 aromatic rings. The molecule has 0 amide bonds. The first-order chi connectivity index (χ1) is 19.1. The molecule has 2 aliphatic rings. The third-order valence-electron chi connectivity index (χ3n) is 7.62. The second-order valence-corrected chi connectivity index (χ2v) is 11.4. The fraction of sp³-hybridized carbons (Fsp3) is 0.459. The summed E-state index contributed by atoms with van der Waals surface area (Å²) in [6, 6.07) is 11.0. The minimum Gasteiger partial charge on any atom is -0.390 e. The monoisotopic (exact) mass is 579 g/mol. The van der Waals surface area contributed by atoms with E-state index < -0.39 is 0 Å². The van der Waals surface area contributed by atoms with E-state index in [1.54, 1.807) is 0 Å². The van der Waals surface area contributed by atoms with Crippen molar-refractivity contribution in [3.63, 3.8) is 0 Å². The Balaban J connectivity index is 0.000000831. The standard InChI is InChI=1S/C29H36N3.C5H11.C3H7.K/c1-7-14-30-17-26(20(5)27-11-9-10-18(3)31-27)23-15-25(29-21(6)32-28(29)16-23)19(4)24-13-12-22(24)8-2;1-4-5(2)3;1-3-2;/h9-11,15-17,21-22,24,30,32H,2,4-5,7-8,12-14H2,1,3,6H3;5H,1,4H2,2-3H3;1,3H2,2H3;/q3*-1;+1/b26-17+;;;. The first-order valence-corrected chi connectivity index (χ1v) is 15.2. The summed E-state index contributed by atoms with van der Waals surface area (Å²) in [5, 5.41) is 7.05. The largest absolute Gasteiger partial charge is 1.00 e. The number of nitrogens with zero attached hydrogens (tertiary/aromatic N) is 1. The van der Waals surface area contributed by atoms with Gasteiger partial charge in [0.25, 0.3) is 0 Å². The van der Waals surface area contributed by atoms with E-state index in [9.17, 15) is 0 Å². The number of hydrogen-bond acceptors (Lipinski definition) is 3. The molecular weight excluding hydrogens is 526 g/mol. The minimum absolute atomic E-state index is 0. The molecule has 41 heavy (non-hydrogen) atoms. The molecule has 220 valence electrons. The van der Waals surface area contributed by atoms with Crippen LogP contribution >= 0.6 is 0 Å². The molecule has 1 aromatic heterocycles. The van der Waals surface area contributed by atoms with E-state index in [-0.39, 0.29) is 51.4 Å². The Hall–Kier alpha value is -1.17. The summed E-state index contributed by atoms with van der Waals surface area (Å²) in [5.74, 6) is 1.99. The topological polar surface area (TPSA) is 37.0 Å². The van der Waals surface area contributed by atoms with Gasteiger partial charge in [-0.1, -0.05) is 65.2 Å². The molecule has 0 spiro atoms. The number of pyridine rings is 1. The van der Waals surface area contributed by atoms with Crippen LogP contribution in [-0.2, 0) is 0 Å². The van der Waals surface area contributed by atoms with Gasteiger partial charge in [0.1, 0.15) is 0 Å². The van der Waals surface area contributed by atoms with Gasteiger partial charge in [0.05, 0.1) is 11.7 Å². The normalized spacial score (nSPS) is 18.5. The van der Waals surface area contributed by atoms with Crippen LogP contribution in [0, 0.1) is 45.4 Å². The van der Waals surface area contributed by atoms with Crippen LogP contribution in [0.5, 0.6) is 0 Å². The van der Waals surface area contributed by atoms with Gasteiger partial charge >= 0.3 is 51.4 Å². The zero-order chi connectivity index (χ0) is 29.8. The van der Waals surface area contributed by atoms with E-state index in [2.05, 4.69) is 90.6 Å². The van der Waals surface area contributed by atoms with Gasteiger partial charge in [-0.15, -0.1) is 0 Å². The van der Waals surface area contributed by atoms with Crippen molar-refractivity contribution in [1.29, 1.82) is 0 Å². The quantitative estimate of drug-likeness (QED) is 0.134. The molecule has 1 saturated carbocycles. The molecule has 4 heteroatoms. The number of anilines is 1. The van der Waals surface area contributed by atoms with Crippen molar-refractivity contribution in [3.8, 4) is 0 Å². The summed E-state index contributed by atoms with van der Waals surface area (Å²) < 4.78 is 0. The predicted molar refractivity (Wildman–Crippen MR) is 178 cm³/mol. The number of allylic oxidation sites excluding steroid dienone is 3. The Bertz CT molecular complexity index is 1140. The van der Waals surface area contributed by atoms with Crippen LogP contribution in [0.2, 0.25) is 0 Å². The van der Waals surface area contributed by atoms with Crippen LogP contribution in [-0.4, -0.2) is 11.5 Å². The molecule has 3 unspecified atom stereocenters. The number of benzene rings is 1. The summed E-state index contributed by atoms with van der Waals surface area (Å²) in [4.78, 5) is 4.73. The Morgan fingerprint density at radius 3 is 2.29 bits per heavy atom. The van der Waals surface area contributed by atoms with Gasteiger partial charge in [0, 0.05) is 40.8 Å². The number of nitrogens with one attached hydrogen (secondary N) is 2. The fourth-order valence-electron chi connectivity index (χ4n) is 4.97. The zero-order valence-electron chi connectivity index (χ0n) is 27.2. The SMILES string of the molecule is C=C(/C(=C\NCCC)c1cc2c(c(C(=C)C3CCC3C[CH2-])c1)C(C)N2)c1cccc(C)n1.[CH2-]CC.[CH2-]CC(C)C.[K+]. The molecule has 2 heterocycles. The third kappa shape index (κ3) is 10.5. The number of hydrogen-bond donors (Lipinski definition) is 2. The smallest absolute Gasteiger partial charge is 0.390 e. The predicted octanol–water partition coefficient (Wildman–Crippen LogP) is 7.30. The molecule has 0 saturated heterocycles. The number of rotatable bonds is 10. The summed E-state index contributed by atoms with van der Waals surface area (Å²) in [5.41, 5.74) is 10.3. The molecular formula is C37H54KN3-2. The van der Waals surface area contributed by atoms with Crippen molar-refractivity contribution in [3.05, 3.63) is 98.5 Å². The average Bonchev–Trinajstić information content (AvgIpc) is 2.90. The molecule has 1 aromatic carbocycles. The minimum atomic E-state index is 0. The Kier molecular flexibility index (Phi) is 17.7. The Morgan fingerprint density at radius 2 is 1.80 bits per heavy atom. The van der Waals surface area contributed by atoms with E-state index in [1.165, 1.54) is 35.2 Å². The van der Waals surface area contributed by atoms with E-state index in [0.717, 1.165) is 66.2 Å². The van der Waals surface area contributed by atoms with E-state index in [0.29, 0.717) is 17.9 Å². The average molecular weight is 580 g/mol. The second-order valence-electron chi connectivity index (χ2n) is 11.4. The third-order valence-corrected chi connectivity index (χ3v) is 7.62. The van der Waals surface area contributed by atoms with Gasteiger partial charge in [-0.3, -0.25) is 4.98 Å². The molecule has 3 atom stereocenters. The number of aromatic nitrogens is 1. The van der Waals surface area contributed by atoms with Crippen molar-refractivity contribution in [2.24, 2.45) is 17.8 Å². The van der Waals surface area contributed by atoms with Crippen molar-refractivity contribution >= 4 is 22.4 Å². The molecule has 4 rings (SSSR count). The van der Waals surface area contributed by atoms with Crippen LogP contribution in [0.4, 0.5) is 5.69 Å². The zero-order valence-corrected chi connectivity index (χ0v) is 30.3. The summed E-state index contributed by atoms with van der Waals surface area (Å²) in [6.45, 7) is 34.0. The van der Waals surface area contributed by atoms with Crippen LogP contribution in [0.1, 0.15) is 107 Å². The van der Waals surface area contributed by atoms with Crippen LogP contribution in [0.3, 0.4) is 0 Å². The van der Waals surface area contributed by atoms with Gasteiger partial charge in [-0.25, -0.2) is 0 Å².